The summed E-state index contributed by atoms with van der Waals surface area (Å²) in [6.45, 7) is 3.15. The van der Waals surface area contributed by atoms with Crippen LogP contribution in [0.3, 0.4) is 0 Å². The quantitative estimate of drug-likeness (QED) is 0.338. The van der Waals surface area contributed by atoms with Crippen LogP contribution >= 0.6 is 12.6 Å². The van der Waals surface area contributed by atoms with Crippen molar-refractivity contribution in [2.75, 3.05) is 25.6 Å². The van der Waals surface area contributed by atoms with Gasteiger partial charge in [-0.2, -0.15) is 12.6 Å². The molecule has 0 aliphatic rings. The molecule has 0 bridgehead atoms. The van der Waals surface area contributed by atoms with Crippen LogP contribution in [0.2, 0.25) is 0 Å². The molecule has 0 radical (unpaired) electrons. The summed E-state index contributed by atoms with van der Waals surface area (Å²) in [6, 6.07) is 0. The van der Waals surface area contributed by atoms with E-state index in [1.807, 2.05) is 0 Å². The largest absolute Gasteiger partial charge is 0.378 e. The average molecular weight is 166 g/mol. The first-order chi connectivity index (χ1) is 4.77. The zero-order valence-corrected chi connectivity index (χ0v) is 7.01. The third-order valence-electron chi connectivity index (χ3n) is 0.822. The van der Waals surface area contributed by atoms with Crippen molar-refractivity contribution < 1.29 is 14.6 Å². The number of rotatable bonds is 6. The van der Waals surface area contributed by atoms with E-state index in [2.05, 4.69) is 12.6 Å². The van der Waals surface area contributed by atoms with Crippen LogP contribution in [0.15, 0.2) is 0 Å². The second-order valence-electron chi connectivity index (χ2n) is 1.81. The molecule has 0 heterocycles. The molecule has 0 amide bonds. The highest BCUT2D eigenvalue weighted by molar-refractivity contribution is 7.80. The monoisotopic (exact) mass is 166 g/mol. The highest BCUT2D eigenvalue weighted by atomic mass is 32.1. The average Bonchev–Trinajstić information content (AvgIpc) is 1.87. The minimum atomic E-state index is -0.695. The SMILES string of the molecule is CC(O)OCCOCCS. The van der Waals surface area contributed by atoms with E-state index in [4.69, 9.17) is 14.6 Å². The van der Waals surface area contributed by atoms with Crippen molar-refractivity contribution in [1.82, 2.24) is 0 Å². The van der Waals surface area contributed by atoms with E-state index in [1.165, 1.54) is 0 Å². The van der Waals surface area contributed by atoms with Crippen LogP contribution in [0.5, 0.6) is 0 Å². The molecule has 3 nitrogen and oxygen atoms in total. The summed E-state index contributed by atoms with van der Waals surface area (Å²) in [4.78, 5) is 0. The lowest BCUT2D eigenvalue weighted by molar-refractivity contribution is -0.0985. The number of aliphatic hydroxyl groups is 1. The molecule has 4 heteroatoms. The fourth-order valence-electron chi connectivity index (χ4n) is 0.444. The zero-order valence-electron chi connectivity index (χ0n) is 6.12. The first kappa shape index (κ1) is 10.2. The van der Waals surface area contributed by atoms with Gasteiger partial charge in [-0.05, 0) is 6.92 Å². The van der Waals surface area contributed by atoms with E-state index < -0.39 is 6.29 Å². The maximum absolute atomic E-state index is 8.62. The van der Waals surface area contributed by atoms with Gasteiger partial charge in [0.1, 0.15) is 0 Å². The Morgan fingerprint density at radius 1 is 1.40 bits per heavy atom. The van der Waals surface area contributed by atoms with Gasteiger partial charge in [0.15, 0.2) is 6.29 Å². The van der Waals surface area contributed by atoms with Gasteiger partial charge in [-0.1, -0.05) is 0 Å². The van der Waals surface area contributed by atoms with Crippen molar-refractivity contribution in [3.05, 3.63) is 0 Å². The molecule has 1 N–H and O–H groups in total. The van der Waals surface area contributed by atoms with Crippen LogP contribution in [-0.2, 0) is 9.47 Å². The van der Waals surface area contributed by atoms with E-state index in [1.54, 1.807) is 6.92 Å². The van der Waals surface area contributed by atoms with Crippen LogP contribution in [0, 0.1) is 0 Å². The third-order valence-corrected chi connectivity index (χ3v) is 1.00. The van der Waals surface area contributed by atoms with E-state index in [9.17, 15) is 0 Å². The Morgan fingerprint density at radius 2 is 2.10 bits per heavy atom. The lowest BCUT2D eigenvalue weighted by Gasteiger charge is -2.05. The van der Waals surface area contributed by atoms with Crippen LogP contribution in [0.4, 0.5) is 0 Å². The Kier molecular flexibility index (Phi) is 7.51. The fraction of sp³-hybridized carbons (Fsp3) is 1.00. The summed E-state index contributed by atoms with van der Waals surface area (Å²) in [5.74, 6) is 0.717. The summed E-state index contributed by atoms with van der Waals surface area (Å²) in [5.41, 5.74) is 0. The number of hydrogen-bond acceptors (Lipinski definition) is 4. The maximum Gasteiger partial charge on any atom is 0.151 e. The molecular formula is C6H14O3S. The van der Waals surface area contributed by atoms with Crippen LogP contribution < -0.4 is 0 Å². The predicted octanol–water partition coefficient (Wildman–Crippen LogP) is 0.288. The van der Waals surface area contributed by atoms with Gasteiger partial charge in [-0.25, -0.2) is 0 Å². The molecule has 0 aliphatic heterocycles. The Labute approximate surface area is 66.7 Å². The second-order valence-corrected chi connectivity index (χ2v) is 2.25. The Bertz CT molecular complexity index is 68.0. The summed E-state index contributed by atoms with van der Waals surface area (Å²) in [5, 5.41) is 8.62. The standard InChI is InChI=1S/C6H14O3S/c1-6(7)9-3-2-8-4-5-10/h6-7,10H,2-5H2,1H3. The van der Waals surface area contributed by atoms with Gasteiger partial charge in [-0.3, -0.25) is 0 Å². The van der Waals surface area contributed by atoms with Gasteiger partial charge >= 0.3 is 0 Å². The van der Waals surface area contributed by atoms with E-state index in [0.717, 1.165) is 0 Å². The molecular weight excluding hydrogens is 152 g/mol. The first-order valence-corrected chi connectivity index (χ1v) is 3.89. The first-order valence-electron chi connectivity index (χ1n) is 3.25. The molecule has 0 aromatic heterocycles. The maximum atomic E-state index is 8.62. The molecule has 0 saturated carbocycles. The fourth-order valence-corrected chi connectivity index (χ4v) is 0.573. The van der Waals surface area contributed by atoms with Crippen molar-refractivity contribution in [1.29, 1.82) is 0 Å². The molecule has 1 unspecified atom stereocenters. The zero-order chi connectivity index (χ0) is 7.82. The number of ether oxygens (including phenoxy) is 2. The molecule has 0 aromatic rings. The molecule has 0 fully saturated rings. The van der Waals surface area contributed by atoms with Gasteiger partial charge in [0.05, 0.1) is 19.8 Å². The van der Waals surface area contributed by atoms with Crippen molar-refractivity contribution in [3.8, 4) is 0 Å². The molecule has 0 saturated heterocycles. The molecule has 10 heavy (non-hydrogen) atoms. The Hall–Kier alpha value is 0.230. The lowest BCUT2D eigenvalue weighted by Crippen LogP contribution is -2.12. The number of thiol groups is 1. The summed E-state index contributed by atoms with van der Waals surface area (Å²) >= 11 is 3.95. The van der Waals surface area contributed by atoms with Crippen molar-refractivity contribution in [2.45, 2.75) is 13.2 Å². The van der Waals surface area contributed by atoms with Gasteiger partial charge in [0.2, 0.25) is 0 Å². The minimum absolute atomic E-state index is 0.436. The molecule has 0 rings (SSSR count). The summed E-state index contributed by atoms with van der Waals surface area (Å²) in [6.07, 6.45) is -0.695. The highest BCUT2D eigenvalue weighted by Crippen LogP contribution is 1.84. The second kappa shape index (κ2) is 7.34. The van der Waals surface area contributed by atoms with Crippen LogP contribution in [0.25, 0.3) is 0 Å². The molecule has 0 aliphatic carbocycles. The van der Waals surface area contributed by atoms with E-state index in [-0.39, 0.29) is 0 Å². The number of hydrogen-bond donors (Lipinski definition) is 2. The lowest BCUT2D eigenvalue weighted by atomic mass is 10.7. The van der Waals surface area contributed by atoms with Gasteiger partial charge in [0, 0.05) is 5.75 Å². The van der Waals surface area contributed by atoms with Crippen LogP contribution in [-0.4, -0.2) is 37.0 Å². The van der Waals surface area contributed by atoms with Gasteiger partial charge in [-0.15, -0.1) is 0 Å². The van der Waals surface area contributed by atoms with E-state index in [0.29, 0.717) is 25.6 Å². The van der Waals surface area contributed by atoms with Crippen molar-refractivity contribution in [3.63, 3.8) is 0 Å². The topological polar surface area (TPSA) is 38.7 Å². The number of aliphatic hydroxyl groups excluding tert-OH is 1. The summed E-state index contributed by atoms with van der Waals surface area (Å²) in [7, 11) is 0. The summed E-state index contributed by atoms with van der Waals surface area (Å²) < 4.78 is 9.81. The highest BCUT2D eigenvalue weighted by Gasteiger charge is 1.92. The van der Waals surface area contributed by atoms with Crippen molar-refractivity contribution >= 4 is 12.6 Å². The minimum Gasteiger partial charge on any atom is -0.378 e. The molecule has 62 valence electrons. The third kappa shape index (κ3) is 8.23. The predicted molar refractivity (Wildman–Crippen MR) is 42.3 cm³/mol. The van der Waals surface area contributed by atoms with Crippen LogP contribution in [0.1, 0.15) is 6.92 Å². The Balaban J connectivity index is 2.77. The molecule has 0 spiro atoms. The van der Waals surface area contributed by atoms with Gasteiger partial charge in [0.25, 0.3) is 0 Å². The normalized spacial score (nSPS) is 13.5. The molecule has 1 atom stereocenters. The van der Waals surface area contributed by atoms with Crippen molar-refractivity contribution in [2.24, 2.45) is 0 Å². The smallest absolute Gasteiger partial charge is 0.151 e. The van der Waals surface area contributed by atoms with E-state index >= 15 is 0 Å². The van der Waals surface area contributed by atoms with Gasteiger partial charge < -0.3 is 14.6 Å². The molecule has 0 aromatic carbocycles. The Morgan fingerprint density at radius 3 is 2.60 bits per heavy atom.